The molecule has 6 heteroatoms. The Balaban J connectivity index is 1.93. The minimum atomic E-state index is 0.655. The van der Waals surface area contributed by atoms with Crippen LogP contribution < -0.4 is 4.90 Å². The Morgan fingerprint density at radius 2 is 2.26 bits per heavy atom. The highest BCUT2D eigenvalue weighted by Crippen LogP contribution is 2.20. The molecule has 0 amide bonds. The SMILES string of the molecule is Cc1cc(CN(C)c2nc3cnccc3n2C)no1. The molecule has 0 aromatic carbocycles. The maximum atomic E-state index is 5.08. The first-order chi connectivity index (χ1) is 9.15. The Morgan fingerprint density at radius 1 is 1.42 bits per heavy atom. The van der Waals surface area contributed by atoms with E-state index in [1.54, 1.807) is 12.4 Å². The highest BCUT2D eigenvalue weighted by Gasteiger charge is 2.13. The van der Waals surface area contributed by atoms with Gasteiger partial charge in [0.1, 0.15) is 17.0 Å². The summed E-state index contributed by atoms with van der Waals surface area (Å²) in [6.45, 7) is 2.54. The lowest BCUT2D eigenvalue weighted by Crippen LogP contribution is -2.20. The van der Waals surface area contributed by atoms with Gasteiger partial charge in [-0.25, -0.2) is 4.98 Å². The summed E-state index contributed by atoms with van der Waals surface area (Å²) in [7, 11) is 3.98. The fourth-order valence-electron chi connectivity index (χ4n) is 2.19. The van der Waals surface area contributed by atoms with Crippen molar-refractivity contribution in [2.24, 2.45) is 7.05 Å². The minimum absolute atomic E-state index is 0.655. The zero-order chi connectivity index (χ0) is 13.4. The van der Waals surface area contributed by atoms with Crippen molar-refractivity contribution in [3.63, 3.8) is 0 Å². The largest absolute Gasteiger partial charge is 0.361 e. The van der Waals surface area contributed by atoms with Crippen LogP contribution in [-0.4, -0.2) is 26.7 Å². The molecule has 0 spiro atoms. The predicted molar refractivity (Wildman–Crippen MR) is 71.9 cm³/mol. The van der Waals surface area contributed by atoms with Crippen LogP contribution in [0.5, 0.6) is 0 Å². The molecule has 0 saturated heterocycles. The van der Waals surface area contributed by atoms with Crippen LogP contribution in [0.3, 0.4) is 0 Å². The number of nitrogens with zero attached hydrogens (tertiary/aromatic N) is 5. The number of fused-ring (bicyclic) bond motifs is 1. The van der Waals surface area contributed by atoms with Crippen LogP contribution >= 0.6 is 0 Å². The van der Waals surface area contributed by atoms with E-state index in [2.05, 4.69) is 15.1 Å². The van der Waals surface area contributed by atoms with Gasteiger partial charge in [0.15, 0.2) is 0 Å². The molecule has 0 unspecified atom stereocenters. The molecule has 6 nitrogen and oxygen atoms in total. The molecule has 3 aromatic heterocycles. The van der Waals surface area contributed by atoms with E-state index in [0.717, 1.165) is 28.4 Å². The Kier molecular flexibility index (Phi) is 2.70. The first-order valence-corrected chi connectivity index (χ1v) is 6.05. The summed E-state index contributed by atoms with van der Waals surface area (Å²) in [5.74, 6) is 1.70. The van der Waals surface area contributed by atoms with Crippen LogP contribution in [-0.2, 0) is 13.6 Å². The third-order valence-electron chi connectivity index (χ3n) is 3.08. The van der Waals surface area contributed by atoms with E-state index < -0.39 is 0 Å². The van der Waals surface area contributed by atoms with Crippen molar-refractivity contribution in [2.45, 2.75) is 13.5 Å². The van der Waals surface area contributed by atoms with E-state index in [9.17, 15) is 0 Å². The van der Waals surface area contributed by atoms with Gasteiger partial charge in [0.25, 0.3) is 0 Å². The molecule has 98 valence electrons. The number of hydrogen-bond donors (Lipinski definition) is 0. The van der Waals surface area contributed by atoms with Crippen molar-refractivity contribution in [3.8, 4) is 0 Å². The summed E-state index contributed by atoms with van der Waals surface area (Å²) in [5.41, 5.74) is 2.85. The standard InChI is InChI=1S/C13H15N5O/c1-9-6-10(16-19-9)8-17(2)13-15-11-7-14-5-4-12(11)18(13)3/h4-7H,8H2,1-3H3. The van der Waals surface area contributed by atoms with Gasteiger partial charge < -0.3 is 14.0 Å². The maximum Gasteiger partial charge on any atom is 0.206 e. The van der Waals surface area contributed by atoms with Gasteiger partial charge in [0, 0.05) is 26.4 Å². The van der Waals surface area contributed by atoms with E-state index in [0.29, 0.717) is 6.54 Å². The van der Waals surface area contributed by atoms with Gasteiger partial charge in [-0.1, -0.05) is 5.16 Å². The molecule has 0 aliphatic carbocycles. The van der Waals surface area contributed by atoms with Crippen LogP contribution in [0.1, 0.15) is 11.5 Å². The number of aryl methyl sites for hydroxylation is 2. The Morgan fingerprint density at radius 3 is 2.95 bits per heavy atom. The zero-order valence-corrected chi connectivity index (χ0v) is 11.2. The Labute approximate surface area is 110 Å². The van der Waals surface area contributed by atoms with Crippen molar-refractivity contribution in [1.82, 2.24) is 19.7 Å². The monoisotopic (exact) mass is 257 g/mol. The van der Waals surface area contributed by atoms with Crippen molar-refractivity contribution in [2.75, 3.05) is 11.9 Å². The summed E-state index contributed by atoms with van der Waals surface area (Å²) in [4.78, 5) is 10.7. The lowest BCUT2D eigenvalue weighted by molar-refractivity contribution is 0.390. The molecular formula is C13H15N5O. The van der Waals surface area contributed by atoms with Crippen molar-refractivity contribution in [1.29, 1.82) is 0 Å². The van der Waals surface area contributed by atoms with Crippen LogP contribution in [0.15, 0.2) is 29.0 Å². The molecule has 0 N–H and O–H groups in total. The van der Waals surface area contributed by atoms with E-state index in [1.165, 1.54) is 0 Å². The zero-order valence-electron chi connectivity index (χ0n) is 11.2. The molecule has 3 aromatic rings. The van der Waals surface area contributed by atoms with E-state index in [1.807, 2.05) is 42.6 Å². The van der Waals surface area contributed by atoms with Gasteiger partial charge >= 0.3 is 0 Å². The van der Waals surface area contributed by atoms with Gasteiger partial charge in [-0.2, -0.15) is 0 Å². The lowest BCUT2D eigenvalue weighted by atomic mass is 10.3. The molecule has 0 atom stereocenters. The van der Waals surface area contributed by atoms with E-state index in [-0.39, 0.29) is 0 Å². The summed E-state index contributed by atoms with van der Waals surface area (Å²) < 4.78 is 7.12. The average Bonchev–Trinajstić information content (AvgIpc) is 2.94. The normalized spacial score (nSPS) is 11.1. The van der Waals surface area contributed by atoms with Gasteiger partial charge in [0.2, 0.25) is 5.95 Å². The van der Waals surface area contributed by atoms with Crippen molar-refractivity contribution < 1.29 is 4.52 Å². The smallest absolute Gasteiger partial charge is 0.206 e. The minimum Gasteiger partial charge on any atom is -0.361 e. The number of imidazole rings is 1. The molecule has 0 aliphatic rings. The van der Waals surface area contributed by atoms with Crippen molar-refractivity contribution >= 4 is 17.0 Å². The Hall–Kier alpha value is -2.37. The number of hydrogen-bond acceptors (Lipinski definition) is 5. The quantitative estimate of drug-likeness (QED) is 0.717. The maximum absolute atomic E-state index is 5.08. The molecule has 19 heavy (non-hydrogen) atoms. The topological polar surface area (TPSA) is 60.0 Å². The molecule has 0 bridgehead atoms. The second kappa shape index (κ2) is 4.38. The lowest BCUT2D eigenvalue weighted by Gasteiger charge is -2.16. The van der Waals surface area contributed by atoms with Crippen molar-refractivity contribution in [3.05, 3.63) is 36.0 Å². The summed E-state index contributed by atoms with van der Waals surface area (Å²) >= 11 is 0. The van der Waals surface area contributed by atoms with E-state index >= 15 is 0 Å². The second-order valence-corrected chi connectivity index (χ2v) is 4.62. The van der Waals surface area contributed by atoms with Gasteiger partial charge in [-0.3, -0.25) is 4.98 Å². The molecule has 3 rings (SSSR count). The molecule has 0 saturated carbocycles. The predicted octanol–water partition coefficient (Wildman–Crippen LogP) is 1.90. The number of pyridine rings is 1. The third kappa shape index (κ3) is 2.05. The number of anilines is 1. The van der Waals surface area contributed by atoms with Crippen LogP contribution in [0, 0.1) is 6.92 Å². The highest BCUT2D eigenvalue weighted by atomic mass is 16.5. The summed E-state index contributed by atoms with van der Waals surface area (Å²) in [6.07, 6.45) is 3.54. The van der Waals surface area contributed by atoms with E-state index in [4.69, 9.17) is 4.52 Å². The summed E-state index contributed by atoms with van der Waals surface area (Å²) in [6, 6.07) is 3.89. The highest BCUT2D eigenvalue weighted by molar-refractivity contribution is 5.77. The molecule has 0 fully saturated rings. The van der Waals surface area contributed by atoms with Crippen LogP contribution in [0.2, 0.25) is 0 Å². The molecular weight excluding hydrogens is 242 g/mol. The first kappa shape index (κ1) is 11.7. The molecule has 3 heterocycles. The van der Waals surface area contributed by atoms with Gasteiger partial charge in [-0.15, -0.1) is 0 Å². The first-order valence-electron chi connectivity index (χ1n) is 6.05. The fraction of sp³-hybridized carbons (Fsp3) is 0.308. The molecule has 0 aliphatic heterocycles. The number of rotatable bonds is 3. The second-order valence-electron chi connectivity index (χ2n) is 4.62. The Bertz CT molecular complexity index is 715. The van der Waals surface area contributed by atoms with Crippen LogP contribution in [0.25, 0.3) is 11.0 Å². The van der Waals surface area contributed by atoms with Crippen LogP contribution in [0.4, 0.5) is 5.95 Å². The average molecular weight is 257 g/mol. The molecule has 0 radical (unpaired) electrons. The fourth-order valence-corrected chi connectivity index (χ4v) is 2.19. The van der Waals surface area contributed by atoms with Gasteiger partial charge in [-0.05, 0) is 13.0 Å². The third-order valence-corrected chi connectivity index (χ3v) is 3.08. The summed E-state index contributed by atoms with van der Waals surface area (Å²) in [5, 5.41) is 4.00. The van der Waals surface area contributed by atoms with Gasteiger partial charge in [0.05, 0.1) is 18.3 Å². The number of aromatic nitrogens is 4.